The van der Waals surface area contributed by atoms with Crippen molar-refractivity contribution < 1.29 is 14.8 Å². The van der Waals surface area contributed by atoms with Crippen molar-refractivity contribution in [2.45, 2.75) is 32.7 Å². The zero-order valence-corrected chi connectivity index (χ0v) is 11.7. The molecule has 0 spiro atoms. The number of rotatable bonds is 7. The van der Waals surface area contributed by atoms with E-state index in [0.717, 1.165) is 0 Å². The number of carbonyl (C=O) groups excluding carboxylic acids is 1. The summed E-state index contributed by atoms with van der Waals surface area (Å²) in [6.45, 7) is 3.95. The first-order valence-corrected chi connectivity index (χ1v) is 6.57. The maximum atomic E-state index is 11.9. The molecule has 0 aliphatic carbocycles. The van der Waals surface area contributed by atoms with Crippen LogP contribution in [0.2, 0.25) is 0 Å². The molecule has 2 N–H and O–H groups in total. The average Bonchev–Trinajstić information content (AvgIpc) is 2.38. The van der Waals surface area contributed by atoms with Crippen LogP contribution in [0.3, 0.4) is 0 Å². The van der Waals surface area contributed by atoms with Crippen LogP contribution in [-0.4, -0.2) is 28.6 Å². The molecule has 0 heterocycles. The second kappa shape index (κ2) is 7.59. The lowest BCUT2D eigenvalue weighted by atomic mass is 10.0. The summed E-state index contributed by atoms with van der Waals surface area (Å²) in [7, 11) is 0. The van der Waals surface area contributed by atoms with Gasteiger partial charge in [0.05, 0.1) is 11.3 Å². The van der Waals surface area contributed by atoms with E-state index in [4.69, 9.17) is 5.11 Å². The molecule has 20 heavy (non-hydrogen) atoms. The summed E-state index contributed by atoms with van der Waals surface area (Å²) >= 11 is 0. The van der Waals surface area contributed by atoms with Crippen molar-refractivity contribution in [1.82, 2.24) is 5.32 Å². The molecule has 110 valence electrons. The molecule has 0 aliphatic rings. The quantitative estimate of drug-likeness (QED) is 0.587. The van der Waals surface area contributed by atoms with E-state index in [1.165, 1.54) is 12.1 Å². The van der Waals surface area contributed by atoms with Gasteiger partial charge >= 0.3 is 0 Å². The number of nitrogens with one attached hydrogen (secondary N) is 1. The molecule has 1 atom stereocenters. The molecule has 0 fully saturated rings. The van der Waals surface area contributed by atoms with Crippen LogP contribution >= 0.6 is 0 Å². The van der Waals surface area contributed by atoms with Crippen LogP contribution in [0.1, 0.15) is 25.8 Å². The molecule has 0 aromatic heterocycles. The average molecular weight is 280 g/mol. The maximum absolute atomic E-state index is 11.9. The minimum Gasteiger partial charge on any atom is -0.396 e. The van der Waals surface area contributed by atoms with E-state index in [1.54, 1.807) is 12.1 Å². The number of nitrogens with zero attached hydrogens (tertiary/aromatic N) is 1. The summed E-state index contributed by atoms with van der Waals surface area (Å²) in [5, 5.41) is 22.5. The summed E-state index contributed by atoms with van der Waals surface area (Å²) < 4.78 is 0. The molecule has 0 aliphatic heterocycles. The Labute approximate surface area is 118 Å². The molecule has 0 bridgehead atoms. The Kier molecular flexibility index (Phi) is 6.11. The van der Waals surface area contributed by atoms with Gasteiger partial charge < -0.3 is 10.4 Å². The topological polar surface area (TPSA) is 92.5 Å². The lowest BCUT2D eigenvalue weighted by Crippen LogP contribution is -2.40. The first-order valence-electron chi connectivity index (χ1n) is 6.57. The van der Waals surface area contributed by atoms with Crippen LogP contribution in [-0.2, 0) is 11.2 Å². The van der Waals surface area contributed by atoms with E-state index in [0.29, 0.717) is 12.0 Å². The minimum atomic E-state index is -0.482. The largest absolute Gasteiger partial charge is 0.396 e. The number of nitro benzene ring substituents is 1. The summed E-state index contributed by atoms with van der Waals surface area (Å²) in [5.41, 5.74) is 0.578. The Morgan fingerprint density at radius 2 is 2.15 bits per heavy atom. The molecule has 1 aromatic rings. The van der Waals surface area contributed by atoms with Crippen molar-refractivity contribution in [3.8, 4) is 0 Å². The summed E-state index contributed by atoms with van der Waals surface area (Å²) in [5.74, 6) is 0.0221. The highest BCUT2D eigenvalue weighted by Crippen LogP contribution is 2.14. The molecule has 1 aromatic carbocycles. The molecule has 0 saturated carbocycles. The molecule has 6 nitrogen and oxygen atoms in total. The SMILES string of the molecule is CC(C)C(CCO)NC(=O)Cc1cccc([N+](=O)[O-])c1. The maximum Gasteiger partial charge on any atom is 0.269 e. The third-order valence-corrected chi connectivity index (χ3v) is 3.08. The Morgan fingerprint density at radius 1 is 1.45 bits per heavy atom. The first kappa shape index (κ1) is 16.1. The molecule has 1 unspecified atom stereocenters. The number of amides is 1. The van der Waals surface area contributed by atoms with Crippen molar-refractivity contribution >= 4 is 11.6 Å². The number of carbonyl (C=O) groups is 1. The normalized spacial score (nSPS) is 12.2. The fourth-order valence-corrected chi connectivity index (χ4v) is 1.93. The standard InChI is InChI=1S/C14H20N2O4/c1-10(2)13(6-7-17)15-14(18)9-11-4-3-5-12(8-11)16(19)20/h3-5,8,10,13,17H,6-7,9H2,1-2H3,(H,15,18). The lowest BCUT2D eigenvalue weighted by Gasteiger charge is -2.21. The van der Waals surface area contributed by atoms with Gasteiger partial charge in [-0.3, -0.25) is 14.9 Å². The van der Waals surface area contributed by atoms with Crippen LogP contribution < -0.4 is 5.32 Å². The third kappa shape index (κ3) is 4.97. The zero-order chi connectivity index (χ0) is 15.1. The van der Waals surface area contributed by atoms with Gasteiger partial charge in [-0.25, -0.2) is 0 Å². The highest BCUT2D eigenvalue weighted by atomic mass is 16.6. The van der Waals surface area contributed by atoms with Gasteiger partial charge in [-0.15, -0.1) is 0 Å². The Hall–Kier alpha value is -1.95. The predicted molar refractivity (Wildman–Crippen MR) is 75.3 cm³/mol. The Balaban J connectivity index is 2.65. The van der Waals surface area contributed by atoms with Crippen LogP contribution in [0.4, 0.5) is 5.69 Å². The fraction of sp³-hybridized carbons (Fsp3) is 0.500. The van der Waals surface area contributed by atoms with Gasteiger partial charge in [0.25, 0.3) is 5.69 Å². The molecule has 6 heteroatoms. The molecule has 0 radical (unpaired) electrons. The number of non-ortho nitro benzene ring substituents is 1. The van der Waals surface area contributed by atoms with Crippen molar-refractivity contribution in [3.63, 3.8) is 0 Å². The molecular weight excluding hydrogens is 260 g/mol. The summed E-state index contributed by atoms with van der Waals surface area (Å²) in [6, 6.07) is 5.95. The van der Waals surface area contributed by atoms with Crippen LogP contribution in [0, 0.1) is 16.0 Å². The van der Waals surface area contributed by atoms with Crippen LogP contribution in [0.25, 0.3) is 0 Å². The summed E-state index contributed by atoms with van der Waals surface area (Å²) in [4.78, 5) is 22.1. The van der Waals surface area contributed by atoms with Crippen LogP contribution in [0.15, 0.2) is 24.3 Å². The summed E-state index contributed by atoms with van der Waals surface area (Å²) in [6.07, 6.45) is 0.592. The van der Waals surface area contributed by atoms with Gasteiger partial charge in [0.1, 0.15) is 0 Å². The number of nitro groups is 1. The monoisotopic (exact) mass is 280 g/mol. The number of hydrogen-bond acceptors (Lipinski definition) is 4. The van der Waals surface area contributed by atoms with E-state index in [1.807, 2.05) is 13.8 Å². The van der Waals surface area contributed by atoms with Gasteiger partial charge in [-0.2, -0.15) is 0 Å². The number of benzene rings is 1. The fourth-order valence-electron chi connectivity index (χ4n) is 1.93. The molecule has 0 saturated heterocycles. The van der Waals surface area contributed by atoms with Crippen molar-refractivity contribution in [2.75, 3.05) is 6.61 Å². The van der Waals surface area contributed by atoms with Gasteiger partial charge in [0, 0.05) is 24.8 Å². The highest BCUT2D eigenvalue weighted by molar-refractivity contribution is 5.79. The lowest BCUT2D eigenvalue weighted by molar-refractivity contribution is -0.384. The smallest absolute Gasteiger partial charge is 0.269 e. The minimum absolute atomic E-state index is 0.0138. The number of hydrogen-bond donors (Lipinski definition) is 2. The Bertz CT molecular complexity index is 474. The van der Waals surface area contributed by atoms with Gasteiger partial charge in [-0.05, 0) is 17.9 Å². The highest BCUT2D eigenvalue weighted by Gasteiger charge is 2.16. The van der Waals surface area contributed by atoms with Gasteiger partial charge in [0.15, 0.2) is 0 Å². The zero-order valence-electron chi connectivity index (χ0n) is 11.7. The van der Waals surface area contributed by atoms with E-state index >= 15 is 0 Å². The Morgan fingerprint density at radius 3 is 2.70 bits per heavy atom. The van der Waals surface area contributed by atoms with Crippen molar-refractivity contribution in [3.05, 3.63) is 39.9 Å². The van der Waals surface area contributed by atoms with Crippen molar-refractivity contribution in [2.24, 2.45) is 5.92 Å². The van der Waals surface area contributed by atoms with Crippen molar-refractivity contribution in [1.29, 1.82) is 0 Å². The van der Waals surface area contributed by atoms with E-state index < -0.39 is 4.92 Å². The van der Waals surface area contributed by atoms with Crippen LogP contribution in [0.5, 0.6) is 0 Å². The second-order valence-electron chi connectivity index (χ2n) is 5.03. The molecular formula is C14H20N2O4. The predicted octanol–water partition coefficient (Wildman–Crippen LogP) is 1.66. The van der Waals surface area contributed by atoms with Gasteiger partial charge in [-0.1, -0.05) is 26.0 Å². The number of aliphatic hydroxyl groups excluding tert-OH is 1. The molecule has 1 rings (SSSR count). The van der Waals surface area contributed by atoms with E-state index in [9.17, 15) is 14.9 Å². The third-order valence-electron chi connectivity index (χ3n) is 3.08. The number of aliphatic hydroxyl groups is 1. The second-order valence-corrected chi connectivity index (χ2v) is 5.03. The van der Waals surface area contributed by atoms with E-state index in [-0.39, 0.29) is 36.6 Å². The first-order chi connectivity index (χ1) is 9.43. The molecule has 1 amide bonds. The van der Waals surface area contributed by atoms with Gasteiger partial charge in [0.2, 0.25) is 5.91 Å². The van der Waals surface area contributed by atoms with E-state index in [2.05, 4.69) is 5.32 Å².